The van der Waals surface area contributed by atoms with Gasteiger partial charge in [-0.3, -0.25) is 5.41 Å². The molecule has 0 amide bonds. The van der Waals surface area contributed by atoms with E-state index in [1.165, 1.54) is 0 Å². The van der Waals surface area contributed by atoms with Gasteiger partial charge in [0.15, 0.2) is 0 Å². The van der Waals surface area contributed by atoms with Crippen LogP contribution in [0.2, 0.25) is 0 Å². The minimum Gasteiger partial charge on any atom is -0.306 e. The molecule has 1 rings (SSSR count). The maximum Gasteiger partial charge on any atom is 0.239 e. The number of amidine groups is 1. The van der Waals surface area contributed by atoms with E-state index in [-0.39, 0.29) is 5.71 Å². The van der Waals surface area contributed by atoms with E-state index in [9.17, 15) is 8.42 Å². The third-order valence-electron chi connectivity index (χ3n) is 2.06. The summed E-state index contributed by atoms with van der Waals surface area (Å²) in [6.07, 6.45) is 1.85. The average Bonchev–Trinajstić information content (AvgIpc) is 2.25. The van der Waals surface area contributed by atoms with E-state index in [0.717, 1.165) is 18.0 Å². The molecule has 6 heteroatoms. The van der Waals surface area contributed by atoms with Crippen molar-refractivity contribution < 1.29 is 8.42 Å². The molecule has 1 aromatic rings. The van der Waals surface area contributed by atoms with E-state index in [2.05, 4.69) is 4.99 Å². The first-order valence-corrected chi connectivity index (χ1v) is 6.68. The Hall–Kier alpha value is -1.82. The highest BCUT2D eigenvalue weighted by Crippen LogP contribution is 2.05. The predicted molar refractivity (Wildman–Crippen MR) is 69.1 cm³/mol. The number of hydrogen-bond acceptors (Lipinski definition) is 4. The fraction of sp³-hybridized carbons (Fsp3) is 0.182. The zero-order valence-electron chi connectivity index (χ0n) is 9.56. The van der Waals surface area contributed by atoms with Crippen molar-refractivity contribution in [2.45, 2.75) is 6.92 Å². The lowest BCUT2D eigenvalue weighted by molar-refractivity contribution is 0.612. The quantitative estimate of drug-likeness (QED) is 0.614. The second-order valence-corrected chi connectivity index (χ2v) is 5.52. The summed E-state index contributed by atoms with van der Waals surface area (Å²) in [5, 5.41) is 13.7. The molecule has 0 radical (unpaired) electrons. The molecule has 0 atom stereocenters. The first kappa shape index (κ1) is 13.2. The summed E-state index contributed by atoms with van der Waals surface area (Å²) in [4.78, 5) is 3.64. The molecule has 0 aliphatic heterocycles. The number of aryl methyl sites for hydroxylation is 1. The molecule has 0 bridgehead atoms. The molecule has 0 unspecified atom stereocenters. The summed E-state index contributed by atoms with van der Waals surface area (Å²) in [6.45, 7) is 1.92. The molecule has 0 heterocycles. The molecule has 0 saturated carbocycles. The van der Waals surface area contributed by atoms with Crippen LogP contribution in [-0.2, 0) is 9.84 Å². The van der Waals surface area contributed by atoms with E-state index >= 15 is 0 Å². The minimum atomic E-state index is -3.63. The van der Waals surface area contributed by atoms with Crippen molar-refractivity contribution >= 4 is 26.9 Å². The van der Waals surface area contributed by atoms with Crippen molar-refractivity contribution in [3.8, 4) is 0 Å². The van der Waals surface area contributed by atoms with E-state index in [0.29, 0.717) is 5.56 Å². The van der Waals surface area contributed by atoms with Crippen molar-refractivity contribution in [3.05, 3.63) is 35.4 Å². The fourth-order valence-corrected chi connectivity index (χ4v) is 1.36. The van der Waals surface area contributed by atoms with Crippen LogP contribution in [-0.4, -0.2) is 31.8 Å². The van der Waals surface area contributed by atoms with Crippen LogP contribution in [0.1, 0.15) is 11.1 Å². The van der Waals surface area contributed by atoms with Gasteiger partial charge >= 0.3 is 0 Å². The number of rotatable bonds is 2. The van der Waals surface area contributed by atoms with Gasteiger partial charge in [0.1, 0.15) is 0 Å². The molecule has 0 spiro atoms. The van der Waals surface area contributed by atoms with Gasteiger partial charge in [0, 0.05) is 18.0 Å². The van der Waals surface area contributed by atoms with Gasteiger partial charge in [-0.2, -0.15) is 0 Å². The van der Waals surface area contributed by atoms with Crippen molar-refractivity contribution in [2.24, 2.45) is 4.99 Å². The lowest BCUT2D eigenvalue weighted by Gasteiger charge is -2.01. The largest absolute Gasteiger partial charge is 0.306 e. The summed E-state index contributed by atoms with van der Waals surface area (Å²) >= 11 is 0. The van der Waals surface area contributed by atoms with Gasteiger partial charge in [-0.15, -0.1) is 0 Å². The standard InChI is InChI=1S/C11H13N3O2S/c1-8-3-5-9(6-4-8)10(7-12)14-11(13)17(2,15)16/h3-7,12-13H,1-2H3/b12-7?,13-11?,14-10+. The second kappa shape index (κ2) is 5.01. The molecule has 5 nitrogen and oxygen atoms in total. The highest BCUT2D eigenvalue weighted by molar-refractivity contribution is 8.05. The Balaban J connectivity index is 3.17. The van der Waals surface area contributed by atoms with Crippen molar-refractivity contribution in [2.75, 3.05) is 6.26 Å². The van der Waals surface area contributed by atoms with Crippen LogP contribution in [0.3, 0.4) is 0 Å². The lowest BCUT2D eigenvalue weighted by atomic mass is 10.1. The number of hydrogen-bond donors (Lipinski definition) is 2. The van der Waals surface area contributed by atoms with Gasteiger partial charge in [0.05, 0.1) is 5.71 Å². The number of sulfone groups is 1. The van der Waals surface area contributed by atoms with Crippen molar-refractivity contribution in [1.29, 1.82) is 10.8 Å². The van der Waals surface area contributed by atoms with Gasteiger partial charge in [-0.1, -0.05) is 29.8 Å². The smallest absolute Gasteiger partial charge is 0.239 e. The van der Waals surface area contributed by atoms with Crippen LogP contribution in [0.5, 0.6) is 0 Å². The number of nitrogens with one attached hydrogen (secondary N) is 2. The summed E-state index contributed by atoms with van der Waals surface area (Å²) < 4.78 is 22.1. The van der Waals surface area contributed by atoms with Crippen LogP contribution >= 0.6 is 0 Å². The molecule has 1 aromatic carbocycles. The van der Waals surface area contributed by atoms with Crippen molar-refractivity contribution in [3.63, 3.8) is 0 Å². The molecular weight excluding hydrogens is 238 g/mol. The molecule has 0 aromatic heterocycles. The molecule has 0 aliphatic carbocycles. The molecule has 0 aliphatic rings. The fourth-order valence-electron chi connectivity index (χ4n) is 1.10. The van der Waals surface area contributed by atoms with Gasteiger partial charge in [0.2, 0.25) is 15.0 Å². The maximum absolute atomic E-state index is 11.1. The van der Waals surface area contributed by atoms with Crippen LogP contribution in [0.4, 0.5) is 0 Å². The Bertz CT molecular complexity index is 571. The average molecular weight is 251 g/mol. The van der Waals surface area contributed by atoms with Crippen LogP contribution < -0.4 is 0 Å². The summed E-state index contributed by atoms with van der Waals surface area (Å²) in [7, 11) is -3.63. The van der Waals surface area contributed by atoms with E-state index in [1.807, 2.05) is 19.1 Å². The maximum atomic E-state index is 11.1. The molecule has 0 fully saturated rings. The Morgan fingerprint density at radius 3 is 2.24 bits per heavy atom. The van der Waals surface area contributed by atoms with Gasteiger partial charge < -0.3 is 5.41 Å². The lowest BCUT2D eigenvalue weighted by Crippen LogP contribution is -2.13. The normalized spacial score (nSPS) is 12.2. The summed E-state index contributed by atoms with van der Waals surface area (Å²) in [6, 6.07) is 7.13. The zero-order valence-corrected chi connectivity index (χ0v) is 10.4. The summed E-state index contributed by atoms with van der Waals surface area (Å²) in [5.41, 5.74) is 1.82. The third kappa shape index (κ3) is 3.60. The first-order chi connectivity index (χ1) is 7.84. The minimum absolute atomic E-state index is 0.153. The predicted octanol–water partition coefficient (Wildman–Crippen LogP) is 1.41. The Labute approximate surface area is 100 Å². The molecule has 17 heavy (non-hydrogen) atoms. The van der Waals surface area contributed by atoms with Gasteiger partial charge in [0.25, 0.3) is 0 Å². The molecule has 2 N–H and O–H groups in total. The number of nitrogens with zero attached hydrogens (tertiary/aromatic N) is 1. The van der Waals surface area contributed by atoms with E-state index < -0.39 is 15.0 Å². The Kier molecular flexibility index (Phi) is 3.90. The third-order valence-corrected chi connectivity index (χ3v) is 2.85. The van der Waals surface area contributed by atoms with Crippen molar-refractivity contribution in [1.82, 2.24) is 0 Å². The molecule has 90 valence electrons. The number of aliphatic imine (C=N–C) groups is 1. The van der Waals surface area contributed by atoms with Crippen LogP contribution in [0.25, 0.3) is 0 Å². The highest BCUT2D eigenvalue weighted by atomic mass is 32.2. The summed E-state index contributed by atoms with van der Waals surface area (Å²) in [5.74, 6) is 0. The van der Waals surface area contributed by atoms with E-state index in [1.54, 1.807) is 12.1 Å². The van der Waals surface area contributed by atoms with Gasteiger partial charge in [-0.05, 0) is 6.92 Å². The van der Waals surface area contributed by atoms with E-state index in [4.69, 9.17) is 10.8 Å². The Morgan fingerprint density at radius 2 is 1.82 bits per heavy atom. The molecule has 0 saturated heterocycles. The SMILES string of the molecule is Cc1ccc(/C(C=N)=N/C(=N)S(C)(=O)=O)cc1. The highest BCUT2D eigenvalue weighted by Gasteiger charge is 2.11. The van der Waals surface area contributed by atoms with Crippen LogP contribution in [0.15, 0.2) is 29.3 Å². The zero-order chi connectivity index (χ0) is 13.1. The monoisotopic (exact) mass is 251 g/mol. The topological polar surface area (TPSA) is 94.2 Å². The van der Waals surface area contributed by atoms with Gasteiger partial charge in [-0.25, -0.2) is 13.4 Å². The second-order valence-electron chi connectivity index (χ2n) is 3.58. The molecular formula is C11H13N3O2S. The first-order valence-electron chi connectivity index (χ1n) is 4.79. The van der Waals surface area contributed by atoms with Crippen LogP contribution in [0, 0.1) is 17.7 Å². The number of benzene rings is 1. The Morgan fingerprint density at radius 1 is 1.29 bits per heavy atom.